The largest absolute Gasteiger partial charge is 0.406 e. The van der Waals surface area contributed by atoms with Crippen LogP contribution in [0.5, 0.6) is 0 Å². The summed E-state index contributed by atoms with van der Waals surface area (Å²) in [6.07, 6.45) is 1.38. The Morgan fingerprint density at radius 1 is 0.962 bits per heavy atom. The molecule has 2 aromatic carbocycles. The van der Waals surface area contributed by atoms with Crippen molar-refractivity contribution in [2.24, 2.45) is 0 Å². The molecule has 0 saturated heterocycles. The molecule has 0 saturated carbocycles. The highest BCUT2D eigenvalue weighted by Gasteiger charge is 2.13. The number of nitrogens with zero attached hydrogens (tertiary/aromatic N) is 1. The fourth-order valence-corrected chi connectivity index (χ4v) is 2.21. The van der Waals surface area contributed by atoms with Crippen LogP contribution in [-0.2, 0) is 6.61 Å². The molecule has 0 unspecified atom stereocenters. The van der Waals surface area contributed by atoms with E-state index in [1.807, 2.05) is 0 Å². The molecule has 0 bridgehead atoms. The van der Waals surface area contributed by atoms with Crippen LogP contribution in [-0.4, -0.2) is 10.6 Å². The number of anilines is 1. The second kappa shape index (κ2) is 7.60. The quantitative estimate of drug-likeness (QED) is 0.765. The lowest BCUT2D eigenvalue weighted by Gasteiger charge is -2.10. The molecule has 132 valence electrons. The molecular weight excluding hydrogens is 342 g/mol. The molecule has 26 heavy (non-hydrogen) atoms. The summed E-state index contributed by atoms with van der Waals surface area (Å²) in [5, 5.41) is 2.52. The van der Waals surface area contributed by atoms with Gasteiger partial charge in [-0.05, 0) is 54.1 Å². The Bertz CT molecular complexity index is 967. The van der Waals surface area contributed by atoms with Crippen LogP contribution in [0.1, 0.15) is 15.9 Å². The topological polar surface area (TPSA) is 60.3 Å². The number of pyridine rings is 1. The van der Waals surface area contributed by atoms with Crippen molar-refractivity contribution in [1.82, 2.24) is 4.73 Å². The number of hydrogen-bond acceptors (Lipinski definition) is 3. The Kier molecular flexibility index (Phi) is 5.07. The van der Waals surface area contributed by atoms with Crippen LogP contribution < -0.4 is 15.7 Å². The first-order chi connectivity index (χ1) is 12.5. The minimum atomic E-state index is -0.644. The van der Waals surface area contributed by atoms with E-state index < -0.39 is 17.3 Å². The molecule has 7 heteroatoms. The standard InChI is InChI=1S/C19H14F2N2O3/c20-14-5-3-13(4-6-14)12-26-23-11-1-2-17(19(23)25)18(24)22-16-9-7-15(21)8-10-16/h1-11H,12H2,(H,22,24). The lowest BCUT2D eigenvalue weighted by atomic mass is 10.2. The predicted octanol–water partition coefficient (Wildman–Crippen LogP) is 3.01. The number of benzene rings is 2. The Balaban J connectivity index is 1.73. The van der Waals surface area contributed by atoms with Crippen molar-refractivity contribution < 1.29 is 18.4 Å². The molecule has 1 aromatic heterocycles. The number of hydrogen-bond donors (Lipinski definition) is 1. The molecule has 1 amide bonds. The molecule has 0 radical (unpaired) electrons. The average molecular weight is 356 g/mol. The van der Waals surface area contributed by atoms with Gasteiger partial charge < -0.3 is 10.2 Å². The van der Waals surface area contributed by atoms with Gasteiger partial charge in [0.25, 0.3) is 11.5 Å². The van der Waals surface area contributed by atoms with Crippen LogP contribution in [0.25, 0.3) is 0 Å². The molecule has 5 nitrogen and oxygen atoms in total. The highest BCUT2D eigenvalue weighted by atomic mass is 19.1. The average Bonchev–Trinajstić information content (AvgIpc) is 2.64. The van der Waals surface area contributed by atoms with E-state index >= 15 is 0 Å². The number of carbonyl (C=O) groups is 1. The molecule has 1 heterocycles. The fraction of sp³-hybridized carbons (Fsp3) is 0.0526. The summed E-state index contributed by atoms with van der Waals surface area (Å²) >= 11 is 0. The maximum Gasteiger partial charge on any atom is 0.295 e. The van der Waals surface area contributed by atoms with Crippen molar-refractivity contribution >= 4 is 11.6 Å². The van der Waals surface area contributed by atoms with Crippen LogP contribution in [0.2, 0.25) is 0 Å². The molecular formula is C19H14F2N2O3. The zero-order valence-electron chi connectivity index (χ0n) is 13.5. The third-order valence-corrected chi connectivity index (χ3v) is 3.55. The first-order valence-corrected chi connectivity index (χ1v) is 7.69. The normalized spacial score (nSPS) is 10.4. The minimum absolute atomic E-state index is 0.0310. The Hall–Kier alpha value is -3.48. The SMILES string of the molecule is O=C(Nc1ccc(F)cc1)c1cccn(OCc2ccc(F)cc2)c1=O. The maximum atomic E-state index is 12.9. The first kappa shape index (κ1) is 17.3. The lowest BCUT2D eigenvalue weighted by molar-refractivity contribution is 0.0863. The van der Waals surface area contributed by atoms with E-state index in [2.05, 4.69) is 5.32 Å². The van der Waals surface area contributed by atoms with Crippen LogP contribution in [0.3, 0.4) is 0 Å². The summed E-state index contributed by atoms with van der Waals surface area (Å²) < 4.78 is 26.7. The van der Waals surface area contributed by atoms with E-state index in [9.17, 15) is 18.4 Å². The van der Waals surface area contributed by atoms with Gasteiger partial charge in [0.05, 0.1) is 0 Å². The highest BCUT2D eigenvalue weighted by molar-refractivity contribution is 6.03. The number of halogens is 2. The summed E-state index contributed by atoms with van der Waals surface area (Å²) in [4.78, 5) is 30.0. The summed E-state index contributed by atoms with van der Waals surface area (Å²) in [5.74, 6) is -1.44. The molecule has 0 atom stereocenters. The predicted molar refractivity (Wildman–Crippen MR) is 91.7 cm³/mol. The summed E-state index contributed by atoms with van der Waals surface area (Å²) in [5.41, 5.74) is 0.253. The van der Waals surface area contributed by atoms with Crippen LogP contribution in [0, 0.1) is 11.6 Å². The maximum absolute atomic E-state index is 12.9. The van der Waals surface area contributed by atoms with Crippen LogP contribution >= 0.6 is 0 Å². The Labute approximate surface area is 147 Å². The van der Waals surface area contributed by atoms with Gasteiger partial charge in [0, 0.05) is 11.9 Å². The van der Waals surface area contributed by atoms with E-state index in [4.69, 9.17) is 4.84 Å². The third-order valence-electron chi connectivity index (χ3n) is 3.55. The number of amides is 1. The van der Waals surface area contributed by atoms with E-state index in [0.29, 0.717) is 11.3 Å². The molecule has 0 aliphatic rings. The van der Waals surface area contributed by atoms with Crippen LogP contribution in [0.4, 0.5) is 14.5 Å². The van der Waals surface area contributed by atoms with Gasteiger partial charge in [0.15, 0.2) is 0 Å². The Morgan fingerprint density at radius 3 is 2.23 bits per heavy atom. The van der Waals surface area contributed by atoms with Gasteiger partial charge in [-0.15, -0.1) is 0 Å². The third kappa shape index (κ3) is 4.13. The van der Waals surface area contributed by atoms with Crippen LogP contribution in [0.15, 0.2) is 71.7 Å². The van der Waals surface area contributed by atoms with Gasteiger partial charge in [-0.2, -0.15) is 4.73 Å². The lowest BCUT2D eigenvalue weighted by Crippen LogP contribution is -2.32. The van der Waals surface area contributed by atoms with E-state index in [0.717, 1.165) is 4.73 Å². The van der Waals surface area contributed by atoms with Gasteiger partial charge in [-0.1, -0.05) is 12.1 Å². The van der Waals surface area contributed by atoms with Crippen molar-refractivity contribution in [2.75, 3.05) is 5.32 Å². The smallest absolute Gasteiger partial charge is 0.295 e. The van der Waals surface area contributed by atoms with E-state index in [-0.39, 0.29) is 18.0 Å². The van der Waals surface area contributed by atoms with Crippen molar-refractivity contribution in [2.45, 2.75) is 6.61 Å². The van der Waals surface area contributed by atoms with Gasteiger partial charge in [0.1, 0.15) is 23.8 Å². The second-order valence-corrected chi connectivity index (χ2v) is 5.41. The van der Waals surface area contributed by atoms with Gasteiger partial charge in [-0.3, -0.25) is 9.59 Å². The number of carbonyl (C=O) groups excluding carboxylic acids is 1. The molecule has 3 aromatic rings. The summed E-state index contributed by atoms with van der Waals surface area (Å²) in [6, 6.07) is 13.7. The van der Waals surface area contributed by atoms with Gasteiger partial charge in [-0.25, -0.2) is 8.78 Å². The molecule has 3 rings (SSSR count). The summed E-state index contributed by atoms with van der Waals surface area (Å²) in [6.45, 7) is 0.0310. The highest BCUT2D eigenvalue weighted by Crippen LogP contribution is 2.09. The molecule has 0 spiro atoms. The van der Waals surface area contributed by atoms with Gasteiger partial charge >= 0.3 is 0 Å². The summed E-state index contributed by atoms with van der Waals surface area (Å²) in [7, 11) is 0. The zero-order valence-corrected chi connectivity index (χ0v) is 13.5. The van der Waals surface area contributed by atoms with Crippen molar-refractivity contribution in [3.8, 4) is 0 Å². The molecule has 1 N–H and O–H groups in total. The van der Waals surface area contributed by atoms with Crippen molar-refractivity contribution in [3.05, 3.63) is 100.0 Å². The minimum Gasteiger partial charge on any atom is -0.406 e. The number of aromatic nitrogens is 1. The van der Waals surface area contributed by atoms with E-state index in [1.165, 1.54) is 66.9 Å². The zero-order chi connectivity index (χ0) is 18.5. The first-order valence-electron chi connectivity index (χ1n) is 7.69. The fourth-order valence-electron chi connectivity index (χ4n) is 2.21. The second-order valence-electron chi connectivity index (χ2n) is 5.41. The monoisotopic (exact) mass is 356 g/mol. The molecule has 0 aliphatic carbocycles. The number of rotatable bonds is 5. The van der Waals surface area contributed by atoms with Gasteiger partial charge in [0.2, 0.25) is 0 Å². The van der Waals surface area contributed by atoms with E-state index in [1.54, 1.807) is 0 Å². The molecule has 0 aliphatic heterocycles. The van der Waals surface area contributed by atoms with Crippen molar-refractivity contribution in [3.63, 3.8) is 0 Å². The van der Waals surface area contributed by atoms with Crippen molar-refractivity contribution in [1.29, 1.82) is 0 Å². The number of nitrogens with one attached hydrogen (secondary N) is 1. The molecule has 0 fully saturated rings. The Morgan fingerprint density at radius 2 is 1.58 bits per heavy atom.